The molecule has 4 heteroatoms. The summed E-state index contributed by atoms with van der Waals surface area (Å²) in [4.78, 5) is 13.0. The second-order valence-corrected chi connectivity index (χ2v) is 4.95. The Morgan fingerprint density at radius 1 is 1.50 bits per heavy atom. The molecule has 1 heterocycles. The smallest absolute Gasteiger partial charge is 0.217 e. The maximum Gasteiger partial charge on any atom is 0.217 e. The van der Waals surface area contributed by atoms with Crippen LogP contribution in [0.1, 0.15) is 39.5 Å². The van der Waals surface area contributed by atoms with E-state index >= 15 is 0 Å². The first kappa shape index (κ1) is 13.5. The van der Waals surface area contributed by atoms with Crippen LogP contribution in [0.5, 0.6) is 0 Å². The lowest BCUT2D eigenvalue weighted by atomic mass is 10.2. The molecule has 0 aliphatic carbocycles. The summed E-state index contributed by atoms with van der Waals surface area (Å²) in [5.41, 5.74) is 5.08. The fraction of sp³-hybridized carbons (Fsp3) is 0.917. The van der Waals surface area contributed by atoms with Gasteiger partial charge in [-0.25, -0.2) is 0 Å². The fourth-order valence-electron chi connectivity index (χ4n) is 2.15. The molecule has 0 aromatic rings. The molecule has 1 fully saturated rings. The maximum atomic E-state index is 10.5. The summed E-state index contributed by atoms with van der Waals surface area (Å²) < 4.78 is 0. The van der Waals surface area contributed by atoms with Crippen molar-refractivity contribution in [1.82, 2.24) is 10.2 Å². The number of nitrogens with one attached hydrogen (secondary N) is 1. The second kappa shape index (κ2) is 6.86. The Labute approximate surface area is 98.6 Å². The Morgan fingerprint density at radius 2 is 2.25 bits per heavy atom. The zero-order chi connectivity index (χ0) is 12.0. The average Bonchev–Trinajstić information content (AvgIpc) is 2.65. The van der Waals surface area contributed by atoms with Crippen LogP contribution >= 0.6 is 0 Å². The SMILES string of the molecule is CC(C)N1CCC(NCCCCC(N)=O)C1. The molecule has 0 aromatic carbocycles. The molecule has 1 aliphatic rings. The molecule has 1 amide bonds. The van der Waals surface area contributed by atoms with Crippen molar-refractivity contribution in [2.24, 2.45) is 5.73 Å². The molecule has 1 aliphatic heterocycles. The van der Waals surface area contributed by atoms with E-state index in [1.807, 2.05) is 0 Å². The largest absolute Gasteiger partial charge is 0.370 e. The highest BCUT2D eigenvalue weighted by atomic mass is 16.1. The molecular weight excluding hydrogens is 202 g/mol. The van der Waals surface area contributed by atoms with Gasteiger partial charge in [0.15, 0.2) is 0 Å². The van der Waals surface area contributed by atoms with E-state index in [9.17, 15) is 4.79 Å². The number of carbonyl (C=O) groups excluding carboxylic acids is 1. The van der Waals surface area contributed by atoms with Crippen LogP contribution in [0.3, 0.4) is 0 Å². The Morgan fingerprint density at radius 3 is 2.81 bits per heavy atom. The number of hydrogen-bond acceptors (Lipinski definition) is 3. The van der Waals surface area contributed by atoms with Crippen molar-refractivity contribution in [2.45, 2.75) is 51.6 Å². The molecule has 0 bridgehead atoms. The Balaban J connectivity index is 2.00. The van der Waals surface area contributed by atoms with Crippen molar-refractivity contribution < 1.29 is 4.79 Å². The van der Waals surface area contributed by atoms with Gasteiger partial charge < -0.3 is 11.1 Å². The van der Waals surface area contributed by atoms with Crippen molar-refractivity contribution >= 4 is 5.91 Å². The summed E-state index contributed by atoms with van der Waals surface area (Å²) in [5.74, 6) is -0.188. The zero-order valence-corrected chi connectivity index (χ0v) is 10.5. The van der Waals surface area contributed by atoms with Crippen LogP contribution in [0.2, 0.25) is 0 Å². The van der Waals surface area contributed by atoms with Crippen LogP contribution in [0.25, 0.3) is 0 Å². The van der Waals surface area contributed by atoms with Gasteiger partial charge in [-0.3, -0.25) is 9.69 Å². The minimum Gasteiger partial charge on any atom is -0.370 e. The lowest BCUT2D eigenvalue weighted by Crippen LogP contribution is -2.35. The lowest BCUT2D eigenvalue weighted by Gasteiger charge is -2.20. The van der Waals surface area contributed by atoms with Crippen molar-refractivity contribution in [3.63, 3.8) is 0 Å². The first-order valence-corrected chi connectivity index (χ1v) is 6.35. The van der Waals surface area contributed by atoms with Gasteiger partial charge >= 0.3 is 0 Å². The summed E-state index contributed by atoms with van der Waals surface area (Å²) in [6.07, 6.45) is 3.71. The van der Waals surface area contributed by atoms with E-state index in [-0.39, 0.29) is 5.91 Å². The van der Waals surface area contributed by atoms with Gasteiger partial charge in [-0.15, -0.1) is 0 Å². The first-order chi connectivity index (χ1) is 7.59. The third-order valence-electron chi connectivity index (χ3n) is 3.23. The van der Waals surface area contributed by atoms with Gasteiger partial charge in [-0.2, -0.15) is 0 Å². The molecule has 4 nitrogen and oxygen atoms in total. The normalized spacial score (nSPS) is 21.8. The van der Waals surface area contributed by atoms with E-state index in [1.54, 1.807) is 0 Å². The standard InChI is InChI=1S/C12H25N3O/c1-10(2)15-8-6-11(9-15)14-7-4-3-5-12(13)16/h10-11,14H,3-9H2,1-2H3,(H2,13,16). The van der Waals surface area contributed by atoms with Crippen LogP contribution in [0.4, 0.5) is 0 Å². The molecule has 1 rings (SSSR count). The third-order valence-corrected chi connectivity index (χ3v) is 3.23. The van der Waals surface area contributed by atoms with Crippen LogP contribution in [-0.4, -0.2) is 42.5 Å². The van der Waals surface area contributed by atoms with Gasteiger partial charge in [0, 0.05) is 25.0 Å². The third kappa shape index (κ3) is 4.94. The van der Waals surface area contributed by atoms with E-state index in [4.69, 9.17) is 5.73 Å². The van der Waals surface area contributed by atoms with E-state index in [0.29, 0.717) is 18.5 Å². The van der Waals surface area contributed by atoms with E-state index < -0.39 is 0 Å². The number of nitrogens with zero attached hydrogens (tertiary/aromatic N) is 1. The molecule has 1 atom stereocenters. The molecule has 16 heavy (non-hydrogen) atoms. The molecule has 0 spiro atoms. The van der Waals surface area contributed by atoms with Crippen molar-refractivity contribution in [1.29, 1.82) is 0 Å². The van der Waals surface area contributed by atoms with Crippen LogP contribution in [-0.2, 0) is 4.79 Å². The minimum atomic E-state index is -0.188. The highest BCUT2D eigenvalue weighted by Crippen LogP contribution is 2.12. The number of hydrogen-bond donors (Lipinski definition) is 2. The number of nitrogens with two attached hydrogens (primary N) is 1. The van der Waals surface area contributed by atoms with E-state index in [1.165, 1.54) is 13.0 Å². The summed E-state index contributed by atoms with van der Waals surface area (Å²) in [6, 6.07) is 1.29. The monoisotopic (exact) mass is 227 g/mol. The summed E-state index contributed by atoms with van der Waals surface area (Å²) in [5, 5.41) is 3.55. The summed E-state index contributed by atoms with van der Waals surface area (Å²) in [6.45, 7) is 7.86. The van der Waals surface area contributed by atoms with Crippen LogP contribution in [0, 0.1) is 0 Å². The van der Waals surface area contributed by atoms with Crippen molar-refractivity contribution in [2.75, 3.05) is 19.6 Å². The highest BCUT2D eigenvalue weighted by molar-refractivity contribution is 5.73. The second-order valence-electron chi connectivity index (χ2n) is 4.95. The number of amides is 1. The molecule has 1 saturated heterocycles. The number of carbonyl (C=O) groups is 1. The Bertz CT molecular complexity index is 218. The van der Waals surface area contributed by atoms with Gasteiger partial charge in [0.25, 0.3) is 0 Å². The average molecular weight is 227 g/mol. The molecule has 1 unspecified atom stereocenters. The first-order valence-electron chi connectivity index (χ1n) is 6.35. The van der Waals surface area contributed by atoms with E-state index in [2.05, 4.69) is 24.1 Å². The van der Waals surface area contributed by atoms with Gasteiger partial charge in [0.2, 0.25) is 5.91 Å². The van der Waals surface area contributed by atoms with E-state index in [0.717, 1.165) is 25.9 Å². The number of primary amides is 1. The molecule has 0 radical (unpaired) electrons. The minimum absolute atomic E-state index is 0.188. The fourth-order valence-corrected chi connectivity index (χ4v) is 2.15. The topological polar surface area (TPSA) is 58.4 Å². The molecule has 3 N–H and O–H groups in total. The van der Waals surface area contributed by atoms with Gasteiger partial charge in [-0.1, -0.05) is 0 Å². The summed E-state index contributed by atoms with van der Waals surface area (Å²) in [7, 11) is 0. The number of unbranched alkanes of at least 4 members (excludes halogenated alkanes) is 1. The molecule has 0 saturated carbocycles. The van der Waals surface area contributed by atoms with Gasteiger partial charge in [0.05, 0.1) is 0 Å². The Hall–Kier alpha value is -0.610. The zero-order valence-electron chi connectivity index (χ0n) is 10.5. The number of likely N-dealkylation sites (tertiary alicyclic amines) is 1. The molecule has 94 valence electrons. The predicted molar refractivity (Wildman–Crippen MR) is 66.2 cm³/mol. The Kier molecular flexibility index (Phi) is 5.77. The van der Waals surface area contributed by atoms with Crippen molar-refractivity contribution in [3.8, 4) is 0 Å². The van der Waals surface area contributed by atoms with Gasteiger partial charge in [0.1, 0.15) is 0 Å². The van der Waals surface area contributed by atoms with Crippen LogP contribution in [0.15, 0.2) is 0 Å². The predicted octanol–water partition coefficient (Wildman–Crippen LogP) is 0.714. The quantitative estimate of drug-likeness (QED) is 0.630. The molecular formula is C12H25N3O. The number of rotatable bonds is 7. The maximum absolute atomic E-state index is 10.5. The van der Waals surface area contributed by atoms with Gasteiger partial charge in [-0.05, 0) is 46.2 Å². The summed E-state index contributed by atoms with van der Waals surface area (Å²) >= 11 is 0. The highest BCUT2D eigenvalue weighted by Gasteiger charge is 2.23. The lowest BCUT2D eigenvalue weighted by molar-refractivity contribution is -0.118. The van der Waals surface area contributed by atoms with Crippen LogP contribution < -0.4 is 11.1 Å². The van der Waals surface area contributed by atoms with Crippen molar-refractivity contribution in [3.05, 3.63) is 0 Å². The molecule has 0 aromatic heterocycles.